The van der Waals surface area contributed by atoms with E-state index in [0.29, 0.717) is 18.2 Å². The molecule has 3 heteroatoms. The summed E-state index contributed by atoms with van der Waals surface area (Å²) in [4.78, 5) is 2.54. The Kier molecular flexibility index (Phi) is 5.26. The number of ether oxygens (including phenoxy) is 1. The first-order valence-corrected chi connectivity index (χ1v) is 7.30. The molecule has 0 aromatic heterocycles. The molecule has 1 N–H and O–H groups in total. The predicted molar refractivity (Wildman–Crippen MR) is 71.3 cm³/mol. The van der Waals surface area contributed by atoms with E-state index < -0.39 is 0 Å². The van der Waals surface area contributed by atoms with E-state index in [1.54, 1.807) is 0 Å². The molecule has 100 valence electrons. The third-order valence-corrected chi connectivity index (χ3v) is 4.43. The van der Waals surface area contributed by atoms with Crippen molar-refractivity contribution in [3.63, 3.8) is 0 Å². The molecule has 1 heterocycles. The van der Waals surface area contributed by atoms with Crippen LogP contribution in [-0.4, -0.2) is 50.3 Å². The molecule has 3 atom stereocenters. The van der Waals surface area contributed by atoms with Gasteiger partial charge in [0.1, 0.15) is 0 Å². The van der Waals surface area contributed by atoms with Gasteiger partial charge in [0.25, 0.3) is 0 Å². The van der Waals surface area contributed by atoms with Gasteiger partial charge in [0.2, 0.25) is 0 Å². The molecule has 0 aromatic rings. The topological polar surface area (TPSA) is 24.5 Å². The van der Waals surface area contributed by atoms with Crippen LogP contribution in [0.4, 0.5) is 0 Å². The molecule has 2 rings (SSSR count). The third kappa shape index (κ3) is 3.67. The largest absolute Gasteiger partial charge is 0.377 e. The van der Waals surface area contributed by atoms with Gasteiger partial charge in [-0.3, -0.25) is 4.90 Å². The highest BCUT2D eigenvalue weighted by molar-refractivity contribution is 4.86. The molecule has 0 spiro atoms. The molecular weight excluding hydrogens is 212 g/mol. The maximum Gasteiger partial charge on any atom is 0.0702 e. The van der Waals surface area contributed by atoms with Gasteiger partial charge >= 0.3 is 0 Å². The Hall–Kier alpha value is -0.120. The zero-order valence-electron chi connectivity index (χ0n) is 11.5. The van der Waals surface area contributed by atoms with Gasteiger partial charge in [-0.15, -0.1) is 0 Å². The zero-order chi connectivity index (χ0) is 12.1. The number of hydrogen-bond donors (Lipinski definition) is 1. The molecule has 1 saturated carbocycles. The standard InChI is InChI=1S/C14H28N2O/c1-15-13-8-4-3-5-9-14(13)16(2)11-12-7-6-10-17-12/h12-15H,3-11H2,1-2H3. The fourth-order valence-corrected chi connectivity index (χ4v) is 3.40. The van der Waals surface area contributed by atoms with Crippen LogP contribution < -0.4 is 5.32 Å². The van der Waals surface area contributed by atoms with Crippen LogP contribution in [0, 0.1) is 0 Å². The minimum Gasteiger partial charge on any atom is -0.377 e. The molecule has 1 saturated heterocycles. The van der Waals surface area contributed by atoms with Crippen molar-refractivity contribution in [2.24, 2.45) is 0 Å². The molecule has 0 aromatic carbocycles. The third-order valence-electron chi connectivity index (χ3n) is 4.43. The van der Waals surface area contributed by atoms with E-state index in [1.807, 2.05) is 0 Å². The number of hydrogen-bond acceptors (Lipinski definition) is 3. The van der Waals surface area contributed by atoms with Crippen molar-refractivity contribution >= 4 is 0 Å². The highest BCUT2D eigenvalue weighted by Gasteiger charge is 2.28. The normalized spacial score (nSPS) is 35.1. The second-order valence-electron chi connectivity index (χ2n) is 5.68. The van der Waals surface area contributed by atoms with E-state index in [-0.39, 0.29) is 0 Å². The van der Waals surface area contributed by atoms with Crippen LogP contribution in [0.2, 0.25) is 0 Å². The van der Waals surface area contributed by atoms with E-state index in [2.05, 4.69) is 24.3 Å². The Morgan fingerprint density at radius 2 is 1.94 bits per heavy atom. The van der Waals surface area contributed by atoms with Crippen molar-refractivity contribution in [2.45, 2.75) is 63.1 Å². The molecule has 0 radical (unpaired) electrons. The van der Waals surface area contributed by atoms with Crippen LogP contribution in [0.25, 0.3) is 0 Å². The predicted octanol–water partition coefficient (Wildman–Crippen LogP) is 2.02. The number of rotatable bonds is 4. The zero-order valence-corrected chi connectivity index (χ0v) is 11.5. The van der Waals surface area contributed by atoms with Crippen LogP contribution in [0.3, 0.4) is 0 Å². The Labute approximate surface area is 106 Å². The fourth-order valence-electron chi connectivity index (χ4n) is 3.40. The first kappa shape index (κ1) is 13.3. The van der Waals surface area contributed by atoms with Gasteiger partial charge in [-0.2, -0.15) is 0 Å². The van der Waals surface area contributed by atoms with Crippen molar-refractivity contribution < 1.29 is 4.74 Å². The Bertz CT molecular complexity index is 216. The van der Waals surface area contributed by atoms with Crippen LogP contribution in [0.1, 0.15) is 44.9 Å². The van der Waals surface area contributed by atoms with Gasteiger partial charge in [0.15, 0.2) is 0 Å². The second-order valence-corrected chi connectivity index (χ2v) is 5.68. The molecule has 17 heavy (non-hydrogen) atoms. The first-order chi connectivity index (χ1) is 8.31. The molecule has 2 aliphatic rings. The van der Waals surface area contributed by atoms with Gasteiger partial charge in [-0.1, -0.05) is 19.3 Å². The van der Waals surface area contributed by atoms with Crippen molar-refractivity contribution in [2.75, 3.05) is 27.2 Å². The van der Waals surface area contributed by atoms with Gasteiger partial charge in [-0.25, -0.2) is 0 Å². The molecule has 2 fully saturated rings. The van der Waals surface area contributed by atoms with E-state index in [1.165, 1.54) is 44.9 Å². The van der Waals surface area contributed by atoms with E-state index in [9.17, 15) is 0 Å². The monoisotopic (exact) mass is 240 g/mol. The second kappa shape index (κ2) is 6.72. The lowest BCUT2D eigenvalue weighted by Gasteiger charge is -2.34. The molecular formula is C14H28N2O. The summed E-state index contributed by atoms with van der Waals surface area (Å²) in [6, 6.07) is 1.37. The number of nitrogens with one attached hydrogen (secondary N) is 1. The molecule has 3 unspecified atom stereocenters. The number of nitrogens with zero attached hydrogens (tertiary/aromatic N) is 1. The summed E-state index contributed by atoms with van der Waals surface area (Å²) in [7, 11) is 4.39. The highest BCUT2D eigenvalue weighted by atomic mass is 16.5. The quantitative estimate of drug-likeness (QED) is 0.761. The molecule has 3 nitrogen and oxygen atoms in total. The first-order valence-electron chi connectivity index (χ1n) is 7.30. The summed E-state index contributed by atoms with van der Waals surface area (Å²) >= 11 is 0. The lowest BCUT2D eigenvalue weighted by atomic mass is 10.0. The van der Waals surface area contributed by atoms with Gasteiger partial charge in [0, 0.05) is 25.2 Å². The molecule has 0 amide bonds. The van der Waals surface area contributed by atoms with E-state index >= 15 is 0 Å². The lowest BCUT2D eigenvalue weighted by Crippen LogP contribution is -2.49. The van der Waals surface area contributed by atoms with Crippen LogP contribution in [0.5, 0.6) is 0 Å². The van der Waals surface area contributed by atoms with Crippen molar-refractivity contribution in [1.29, 1.82) is 0 Å². The van der Waals surface area contributed by atoms with Gasteiger partial charge in [0.05, 0.1) is 6.10 Å². The van der Waals surface area contributed by atoms with Crippen molar-refractivity contribution in [3.8, 4) is 0 Å². The lowest BCUT2D eigenvalue weighted by molar-refractivity contribution is 0.0596. The fraction of sp³-hybridized carbons (Fsp3) is 1.00. The summed E-state index contributed by atoms with van der Waals surface area (Å²) in [5.74, 6) is 0. The summed E-state index contributed by atoms with van der Waals surface area (Å²) in [5, 5.41) is 3.52. The van der Waals surface area contributed by atoms with Crippen LogP contribution in [0.15, 0.2) is 0 Å². The van der Waals surface area contributed by atoms with E-state index in [0.717, 1.165) is 13.2 Å². The summed E-state index contributed by atoms with van der Waals surface area (Å²) in [6.07, 6.45) is 9.84. The van der Waals surface area contributed by atoms with Crippen LogP contribution >= 0.6 is 0 Å². The molecule has 1 aliphatic carbocycles. The van der Waals surface area contributed by atoms with Crippen LogP contribution in [-0.2, 0) is 4.74 Å². The highest BCUT2D eigenvalue weighted by Crippen LogP contribution is 2.23. The summed E-state index contributed by atoms with van der Waals surface area (Å²) in [5.41, 5.74) is 0. The average Bonchev–Trinajstić information content (AvgIpc) is 2.71. The smallest absolute Gasteiger partial charge is 0.0702 e. The summed E-state index contributed by atoms with van der Waals surface area (Å²) < 4.78 is 5.75. The Morgan fingerprint density at radius 1 is 1.12 bits per heavy atom. The minimum absolute atomic E-state index is 0.487. The van der Waals surface area contributed by atoms with Gasteiger partial charge in [-0.05, 0) is 39.8 Å². The minimum atomic E-state index is 0.487. The van der Waals surface area contributed by atoms with E-state index in [4.69, 9.17) is 4.74 Å². The maximum atomic E-state index is 5.75. The average molecular weight is 240 g/mol. The molecule has 0 bridgehead atoms. The number of likely N-dealkylation sites (N-methyl/N-ethyl adjacent to an activating group) is 2. The summed E-state index contributed by atoms with van der Waals surface area (Å²) in [6.45, 7) is 2.08. The SMILES string of the molecule is CNC1CCCCCC1N(C)CC1CCCO1. The Balaban J connectivity index is 1.87. The maximum absolute atomic E-state index is 5.75. The van der Waals surface area contributed by atoms with Crippen molar-refractivity contribution in [1.82, 2.24) is 10.2 Å². The van der Waals surface area contributed by atoms with Gasteiger partial charge < -0.3 is 10.1 Å². The Morgan fingerprint density at radius 3 is 2.65 bits per heavy atom. The van der Waals surface area contributed by atoms with Crippen molar-refractivity contribution in [3.05, 3.63) is 0 Å². The molecule has 1 aliphatic heterocycles.